The maximum atomic E-state index is 14.5. The molecule has 3 nitrogen and oxygen atoms in total. The third kappa shape index (κ3) is 4.32. The number of hydrogen-bond acceptors (Lipinski definition) is 1. The van der Waals surface area contributed by atoms with E-state index in [0.717, 1.165) is 61.2 Å². The second-order valence-electron chi connectivity index (χ2n) is 13.3. The normalized spacial score (nSPS) is 17.7. The zero-order valence-corrected chi connectivity index (χ0v) is 26.8. The number of fused-ring (bicyclic) bond motifs is 11. The Morgan fingerprint density at radius 1 is 0.633 bits per heavy atom. The Labute approximate surface area is 283 Å². The summed E-state index contributed by atoms with van der Waals surface area (Å²) in [7, 11) is 0. The zero-order valence-electron chi connectivity index (χ0n) is 26.8. The molecule has 2 unspecified atom stereocenters. The van der Waals surface area contributed by atoms with Crippen molar-refractivity contribution in [1.82, 2.24) is 9.55 Å². The van der Waals surface area contributed by atoms with E-state index < -0.39 is 0 Å². The number of nitrogens with one attached hydrogen (secondary N) is 1. The minimum absolute atomic E-state index is 0.0477. The van der Waals surface area contributed by atoms with Crippen molar-refractivity contribution in [3.05, 3.63) is 185 Å². The highest BCUT2D eigenvalue weighted by Crippen LogP contribution is 2.48. The number of benzene rings is 6. The zero-order chi connectivity index (χ0) is 32.5. The predicted octanol–water partition coefficient (Wildman–Crippen LogP) is 11.2. The lowest BCUT2D eigenvalue weighted by Crippen LogP contribution is -2.20. The molecule has 0 saturated heterocycles. The first kappa shape index (κ1) is 27.9. The van der Waals surface area contributed by atoms with Crippen molar-refractivity contribution in [2.75, 3.05) is 0 Å². The van der Waals surface area contributed by atoms with Crippen LogP contribution in [0.3, 0.4) is 0 Å². The highest BCUT2D eigenvalue weighted by Gasteiger charge is 2.32. The van der Waals surface area contributed by atoms with Crippen LogP contribution in [0.15, 0.2) is 163 Å². The van der Waals surface area contributed by atoms with E-state index in [-0.39, 0.29) is 11.5 Å². The molecule has 0 bridgehead atoms. The quantitative estimate of drug-likeness (QED) is 0.194. The van der Waals surface area contributed by atoms with E-state index in [1.807, 2.05) is 6.07 Å². The molecule has 2 aromatic heterocycles. The van der Waals surface area contributed by atoms with Gasteiger partial charge in [-0.25, -0.2) is 0 Å². The fraction of sp³-hybridized carbons (Fsp3) is 0.0652. The smallest absolute Gasteiger partial charge is 0.257 e. The summed E-state index contributed by atoms with van der Waals surface area (Å²) in [6, 6.07) is 47.0. The summed E-state index contributed by atoms with van der Waals surface area (Å²) in [5, 5.41) is 4.87. The summed E-state index contributed by atoms with van der Waals surface area (Å²) < 4.78 is 2.30. The molecule has 1 N–H and O–H groups in total. The minimum atomic E-state index is -0.0477. The number of rotatable bonds is 3. The van der Waals surface area contributed by atoms with E-state index >= 15 is 0 Å². The number of para-hydroxylation sites is 1. The van der Waals surface area contributed by atoms with Gasteiger partial charge in [0.05, 0.1) is 21.9 Å². The summed E-state index contributed by atoms with van der Waals surface area (Å²) in [6.45, 7) is 0. The van der Waals surface area contributed by atoms with E-state index in [0.29, 0.717) is 5.92 Å². The van der Waals surface area contributed by atoms with E-state index in [9.17, 15) is 4.79 Å². The van der Waals surface area contributed by atoms with Crippen LogP contribution < -0.4 is 5.56 Å². The van der Waals surface area contributed by atoms with E-state index in [4.69, 9.17) is 0 Å². The molecule has 0 spiro atoms. The van der Waals surface area contributed by atoms with Crippen LogP contribution in [0.25, 0.3) is 71.9 Å². The van der Waals surface area contributed by atoms with Gasteiger partial charge < -0.3 is 9.55 Å². The number of aromatic nitrogens is 2. The molecule has 49 heavy (non-hydrogen) atoms. The van der Waals surface area contributed by atoms with Crippen molar-refractivity contribution >= 4 is 55.1 Å². The number of aromatic amines is 1. The van der Waals surface area contributed by atoms with Crippen molar-refractivity contribution in [3.63, 3.8) is 0 Å². The van der Waals surface area contributed by atoms with Crippen LogP contribution in [-0.2, 0) is 0 Å². The van der Waals surface area contributed by atoms with Gasteiger partial charge in [-0.2, -0.15) is 0 Å². The number of allylic oxidation sites excluding steroid dienone is 5. The molecule has 2 heterocycles. The van der Waals surface area contributed by atoms with E-state index in [1.54, 1.807) is 0 Å². The van der Waals surface area contributed by atoms with Gasteiger partial charge in [0.2, 0.25) is 0 Å². The number of nitrogens with zero attached hydrogens (tertiary/aromatic N) is 1. The lowest BCUT2D eigenvalue weighted by atomic mass is 9.70. The van der Waals surface area contributed by atoms with Gasteiger partial charge in [-0.1, -0.05) is 140 Å². The summed E-state index contributed by atoms with van der Waals surface area (Å²) in [6.07, 6.45) is 12.2. The van der Waals surface area contributed by atoms with Gasteiger partial charge >= 0.3 is 0 Å². The molecule has 6 aromatic carbocycles. The Morgan fingerprint density at radius 2 is 1.39 bits per heavy atom. The van der Waals surface area contributed by atoms with Crippen molar-refractivity contribution in [2.24, 2.45) is 5.92 Å². The fourth-order valence-corrected chi connectivity index (χ4v) is 8.44. The monoisotopic (exact) mass is 628 g/mol. The topological polar surface area (TPSA) is 37.8 Å². The van der Waals surface area contributed by atoms with Gasteiger partial charge in [0, 0.05) is 27.8 Å². The van der Waals surface area contributed by atoms with Gasteiger partial charge in [0.15, 0.2) is 0 Å². The molecule has 0 saturated carbocycles. The number of hydrogen-bond donors (Lipinski definition) is 1. The van der Waals surface area contributed by atoms with Gasteiger partial charge in [-0.3, -0.25) is 4.79 Å². The Kier molecular flexibility index (Phi) is 6.22. The van der Waals surface area contributed by atoms with Crippen LogP contribution in [0.4, 0.5) is 0 Å². The lowest BCUT2D eigenvalue weighted by molar-refractivity contribution is 0.578. The third-order valence-corrected chi connectivity index (χ3v) is 10.6. The largest absolute Gasteiger partial charge is 0.321 e. The maximum Gasteiger partial charge on any atom is 0.257 e. The highest BCUT2D eigenvalue weighted by atomic mass is 16.1. The molecule has 2 aliphatic rings. The summed E-state index contributed by atoms with van der Waals surface area (Å²) in [4.78, 5) is 18.0. The number of H-pyrrole nitrogens is 1. The average Bonchev–Trinajstić information content (AvgIpc) is 3.50. The second kappa shape index (κ2) is 10.9. The molecule has 0 amide bonds. The van der Waals surface area contributed by atoms with E-state index in [2.05, 4.69) is 167 Å². The highest BCUT2D eigenvalue weighted by molar-refractivity contribution is 6.25. The molecular formula is C46H32N2O. The summed E-state index contributed by atoms with van der Waals surface area (Å²) in [5.41, 5.74) is 11.3. The minimum Gasteiger partial charge on any atom is -0.321 e. The number of pyridine rings is 1. The van der Waals surface area contributed by atoms with Gasteiger partial charge in [0.25, 0.3) is 5.56 Å². The molecule has 232 valence electrons. The fourth-order valence-electron chi connectivity index (χ4n) is 8.44. The summed E-state index contributed by atoms with van der Waals surface area (Å²) >= 11 is 0. The molecule has 0 aliphatic heterocycles. The second-order valence-corrected chi connectivity index (χ2v) is 13.3. The Morgan fingerprint density at radius 3 is 2.27 bits per heavy atom. The Balaban J connectivity index is 1.24. The SMILES string of the molecule is O=c1[nH]c2c3c(ccc2c2ccc4c(c5ccccc5n4-c4cccc(-c5ccccc5)c4)c12)/C(=C\c1ccccc1)CC1C=CC=CC31. The van der Waals surface area contributed by atoms with Gasteiger partial charge in [0.1, 0.15) is 0 Å². The van der Waals surface area contributed by atoms with Crippen molar-refractivity contribution in [2.45, 2.75) is 12.3 Å². The molecular weight excluding hydrogens is 597 g/mol. The summed E-state index contributed by atoms with van der Waals surface area (Å²) in [5.74, 6) is 0.539. The standard InChI is InChI=1S/C46H32N2O/c49-46-44-37(38-23-22-36-33(26-29-12-3-1-4-13-29)27-32-16-7-8-19-35(32)42(36)45(38)47-46)24-25-41-43(44)39-20-9-10-21-40(39)48(41)34-18-11-17-31(28-34)30-14-5-2-6-15-30/h1-26,28,32,35H,27H2,(H,47,49)/b33-26-. The van der Waals surface area contributed by atoms with Crippen LogP contribution >= 0.6 is 0 Å². The van der Waals surface area contributed by atoms with Crippen LogP contribution in [-0.4, -0.2) is 9.55 Å². The van der Waals surface area contributed by atoms with Crippen molar-refractivity contribution in [1.29, 1.82) is 0 Å². The maximum absolute atomic E-state index is 14.5. The third-order valence-electron chi connectivity index (χ3n) is 10.6. The molecule has 0 fully saturated rings. The first-order valence-corrected chi connectivity index (χ1v) is 17.0. The van der Waals surface area contributed by atoms with E-state index in [1.165, 1.54) is 27.8 Å². The Hall–Kier alpha value is -6.19. The molecule has 3 heteroatoms. The average molecular weight is 629 g/mol. The van der Waals surface area contributed by atoms with Crippen LogP contribution in [0.2, 0.25) is 0 Å². The van der Waals surface area contributed by atoms with Crippen LogP contribution in [0, 0.1) is 5.92 Å². The molecule has 8 aromatic rings. The molecule has 10 rings (SSSR count). The van der Waals surface area contributed by atoms with Gasteiger partial charge in [-0.15, -0.1) is 0 Å². The van der Waals surface area contributed by atoms with Crippen molar-refractivity contribution in [3.8, 4) is 16.8 Å². The molecule has 2 atom stereocenters. The first-order chi connectivity index (χ1) is 24.2. The molecule has 0 radical (unpaired) electrons. The van der Waals surface area contributed by atoms with Gasteiger partial charge in [-0.05, 0) is 75.4 Å². The van der Waals surface area contributed by atoms with Crippen LogP contribution in [0.1, 0.15) is 29.0 Å². The molecule has 2 aliphatic carbocycles. The van der Waals surface area contributed by atoms with Crippen molar-refractivity contribution < 1.29 is 0 Å². The predicted molar refractivity (Wildman–Crippen MR) is 205 cm³/mol. The lowest BCUT2D eigenvalue weighted by Gasteiger charge is -2.34. The van der Waals surface area contributed by atoms with Crippen LogP contribution in [0.5, 0.6) is 0 Å². The first-order valence-electron chi connectivity index (χ1n) is 17.0. The Bertz CT molecular complexity index is 2760.